The molecule has 0 N–H and O–H groups in total. The summed E-state index contributed by atoms with van der Waals surface area (Å²) >= 11 is 7.58. The van der Waals surface area contributed by atoms with E-state index >= 15 is 0 Å². The van der Waals surface area contributed by atoms with Gasteiger partial charge >= 0.3 is 12.0 Å². The van der Waals surface area contributed by atoms with Crippen molar-refractivity contribution in [2.45, 2.75) is 36.6 Å². The number of hydrogen-bond acceptors (Lipinski definition) is 4. The Balaban J connectivity index is 2.41. The van der Waals surface area contributed by atoms with Gasteiger partial charge in [0.15, 0.2) is 0 Å². The van der Waals surface area contributed by atoms with Crippen LogP contribution in [0.25, 0.3) is 0 Å². The molecule has 0 saturated carbocycles. The molecule has 0 atom stereocenters. The molecule has 6 heteroatoms. The first kappa shape index (κ1) is 15.9. The maximum Gasteiger partial charge on any atom is 0.310 e. The first-order valence-electron chi connectivity index (χ1n) is 6.57. The molecule has 0 spiro atoms. The van der Waals surface area contributed by atoms with Crippen molar-refractivity contribution in [3.8, 4) is 6.01 Å². The van der Waals surface area contributed by atoms with Crippen LogP contribution in [-0.4, -0.2) is 15.5 Å². The number of nitrogens with zero attached hydrogens (tertiary/aromatic N) is 2. The Morgan fingerprint density at radius 2 is 2.14 bits per heavy atom. The Labute approximate surface area is 133 Å². The number of imidazole rings is 1. The van der Waals surface area contributed by atoms with Gasteiger partial charge in [0.2, 0.25) is 0 Å². The third-order valence-corrected chi connectivity index (χ3v) is 4.22. The zero-order chi connectivity index (χ0) is 15.6. The summed E-state index contributed by atoms with van der Waals surface area (Å²) in [5.74, 6) is -0.153. The SMILES string of the molecule is CC(=O)Oc1nc(C(C)C)c(Sc2cccc(Cl)c2)n1C. The van der Waals surface area contributed by atoms with Crippen LogP contribution in [0.4, 0.5) is 0 Å². The largest absolute Gasteiger partial charge is 0.392 e. The van der Waals surface area contributed by atoms with Crippen molar-refractivity contribution in [1.29, 1.82) is 0 Å². The number of ether oxygens (including phenoxy) is 1. The summed E-state index contributed by atoms with van der Waals surface area (Å²) in [5.41, 5.74) is 0.902. The van der Waals surface area contributed by atoms with Gasteiger partial charge in [-0.3, -0.25) is 9.36 Å². The molecule has 0 aliphatic rings. The van der Waals surface area contributed by atoms with Gasteiger partial charge in [0.05, 0.1) is 5.69 Å². The molecule has 1 aromatic heterocycles. The quantitative estimate of drug-likeness (QED) is 0.788. The van der Waals surface area contributed by atoms with Gasteiger partial charge in [-0.1, -0.05) is 43.3 Å². The summed E-state index contributed by atoms with van der Waals surface area (Å²) < 4.78 is 6.95. The number of benzene rings is 1. The maximum atomic E-state index is 11.2. The Morgan fingerprint density at radius 3 is 2.71 bits per heavy atom. The number of carbonyl (C=O) groups is 1. The number of rotatable bonds is 4. The van der Waals surface area contributed by atoms with Gasteiger partial charge in [-0.25, -0.2) is 0 Å². The summed E-state index contributed by atoms with van der Waals surface area (Å²) in [4.78, 5) is 16.6. The van der Waals surface area contributed by atoms with E-state index in [2.05, 4.69) is 18.8 Å². The third-order valence-electron chi connectivity index (χ3n) is 2.82. The van der Waals surface area contributed by atoms with Gasteiger partial charge in [0.1, 0.15) is 5.03 Å². The van der Waals surface area contributed by atoms with E-state index in [1.165, 1.54) is 6.92 Å². The minimum absolute atomic E-state index is 0.224. The summed E-state index contributed by atoms with van der Waals surface area (Å²) in [6.07, 6.45) is 0. The van der Waals surface area contributed by atoms with Crippen molar-refractivity contribution in [3.05, 3.63) is 35.0 Å². The lowest BCUT2D eigenvalue weighted by molar-refractivity contribution is -0.132. The van der Waals surface area contributed by atoms with Gasteiger partial charge in [-0.15, -0.1) is 0 Å². The normalized spacial score (nSPS) is 11.0. The lowest BCUT2D eigenvalue weighted by atomic mass is 10.2. The molecule has 1 heterocycles. The second-order valence-electron chi connectivity index (χ2n) is 4.95. The molecular formula is C15H17ClN2O2S. The molecule has 0 amide bonds. The predicted octanol–water partition coefficient (Wildman–Crippen LogP) is 4.27. The molecule has 0 aliphatic heterocycles. The van der Waals surface area contributed by atoms with Crippen LogP contribution in [0.2, 0.25) is 5.02 Å². The monoisotopic (exact) mass is 324 g/mol. The average Bonchev–Trinajstić information content (AvgIpc) is 2.67. The first-order valence-corrected chi connectivity index (χ1v) is 7.76. The van der Waals surface area contributed by atoms with Crippen LogP contribution in [0.5, 0.6) is 6.01 Å². The third kappa shape index (κ3) is 3.80. The molecule has 0 radical (unpaired) electrons. The molecule has 0 fully saturated rings. The molecule has 2 aromatic rings. The first-order chi connectivity index (χ1) is 9.88. The molecule has 21 heavy (non-hydrogen) atoms. The van der Waals surface area contributed by atoms with E-state index < -0.39 is 0 Å². The summed E-state index contributed by atoms with van der Waals surface area (Å²) in [6.45, 7) is 5.48. The van der Waals surface area contributed by atoms with Gasteiger partial charge in [0.25, 0.3) is 0 Å². The van der Waals surface area contributed by atoms with E-state index in [9.17, 15) is 4.79 Å². The zero-order valence-electron chi connectivity index (χ0n) is 12.4. The molecule has 0 unspecified atom stereocenters. The summed E-state index contributed by atoms with van der Waals surface area (Å²) in [7, 11) is 1.84. The van der Waals surface area contributed by atoms with Gasteiger partial charge in [-0.2, -0.15) is 4.98 Å². The van der Waals surface area contributed by atoms with Crippen LogP contribution in [0.3, 0.4) is 0 Å². The molecule has 0 aliphatic carbocycles. The van der Waals surface area contributed by atoms with E-state index in [4.69, 9.17) is 16.3 Å². The number of aromatic nitrogens is 2. The topological polar surface area (TPSA) is 44.1 Å². The molecule has 112 valence electrons. The highest BCUT2D eigenvalue weighted by Gasteiger charge is 2.20. The van der Waals surface area contributed by atoms with E-state index in [1.54, 1.807) is 16.3 Å². The molecule has 0 saturated heterocycles. The second kappa shape index (κ2) is 6.54. The van der Waals surface area contributed by atoms with Crippen LogP contribution in [0.15, 0.2) is 34.2 Å². The minimum atomic E-state index is -0.377. The number of hydrogen-bond donors (Lipinski definition) is 0. The Bertz CT molecular complexity index is 668. The van der Waals surface area contributed by atoms with Crippen molar-refractivity contribution >= 4 is 29.3 Å². The van der Waals surface area contributed by atoms with Crippen LogP contribution in [-0.2, 0) is 11.8 Å². The predicted molar refractivity (Wildman–Crippen MR) is 84.2 cm³/mol. The van der Waals surface area contributed by atoms with E-state index in [1.807, 2.05) is 31.3 Å². The van der Waals surface area contributed by atoms with Crippen molar-refractivity contribution in [2.75, 3.05) is 0 Å². The molecule has 4 nitrogen and oxygen atoms in total. The van der Waals surface area contributed by atoms with Crippen LogP contribution in [0, 0.1) is 0 Å². The fourth-order valence-corrected chi connectivity index (χ4v) is 3.25. The smallest absolute Gasteiger partial charge is 0.310 e. The lowest BCUT2D eigenvalue weighted by Crippen LogP contribution is -2.06. The zero-order valence-corrected chi connectivity index (χ0v) is 14.0. The molecule has 2 rings (SSSR count). The van der Waals surface area contributed by atoms with Crippen LogP contribution in [0.1, 0.15) is 32.4 Å². The van der Waals surface area contributed by atoms with Crippen molar-refractivity contribution in [3.63, 3.8) is 0 Å². The fraction of sp³-hybridized carbons (Fsp3) is 0.333. The highest BCUT2D eigenvalue weighted by Crippen LogP contribution is 2.36. The van der Waals surface area contributed by atoms with E-state index in [-0.39, 0.29) is 11.9 Å². The minimum Gasteiger partial charge on any atom is -0.392 e. The summed E-state index contributed by atoms with van der Waals surface area (Å²) in [5, 5.41) is 1.64. The standard InChI is InChI=1S/C15H17ClN2O2S/c1-9(2)13-14(18(4)15(17-13)20-10(3)19)21-12-7-5-6-11(16)8-12/h5-9H,1-4H3. The Hall–Kier alpha value is -1.46. The number of halogens is 1. The van der Waals surface area contributed by atoms with Crippen LogP contribution < -0.4 is 4.74 Å². The fourth-order valence-electron chi connectivity index (χ4n) is 1.84. The summed E-state index contributed by atoms with van der Waals surface area (Å²) in [6, 6.07) is 7.94. The van der Waals surface area contributed by atoms with Crippen LogP contribution >= 0.6 is 23.4 Å². The van der Waals surface area contributed by atoms with Gasteiger partial charge in [0, 0.05) is 23.9 Å². The average molecular weight is 325 g/mol. The Morgan fingerprint density at radius 1 is 1.43 bits per heavy atom. The van der Waals surface area contributed by atoms with Crippen molar-refractivity contribution in [2.24, 2.45) is 7.05 Å². The highest BCUT2D eigenvalue weighted by molar-refractivity contribution is 7.99. The highest BCUT2D eigenvalue weighted by atomic mass is 35.5. The second-order valence-corrected chi connectivity index (χ2v) is 6.45. The lowest BCUT2D eigenvalue weighted by Gasteiger charge is -2.08. The molecule has 1 aromatic carbocycles. The molecule has 0 bridgehead atoms. The number of carbonyl (C=O) groups excluding carboxylic acids is 1. The van der Waals surface area contributed by atoms with E-state index in [0.717, 1.165) is 15.6 Å². The van der Waals surface area contributed by atoms with Crippen molar-refractivity contribution in [1.82, 2.24) is 9.55 Å². The number of esters is 1. The van der Waals surface area contributed by atoms with Gasteiger partial charge in [-0.05, 0) is 24.1 Å². The van der Waals surface area contributed by atoms with Gasteiger partial charge < -0.3 is 4.74 Å². The van der Waals surface area contributed by atoms with Crippen molar-refractivity contribution < 1.29 is 9.53 Å². The van der Waals surface area contributed by atoms with E-state index in [0.29, 0.717) is 11.0 Å². The maximum absolute atomic E-state index is 11.2. The Kier molecular flexibility index (Phi) is 4.96. The molecular weight excluding hydrogens is 308 g/mol.